The van der Waals surface area contributed by atoms with Crippen LogP contribution in [0.15, 0.2) is 0 Å². The van der Waals surface area contributed by atoms with E-state index in [1.807, 2.05) is 0 Å². The van der Waals surface area contributed by atoms with Gasteiger partial charge < -0.3 is 11.1 Å². The summed E-state index contributed by atoms with van der Waals surface area (Å²) in [6.07, 6.45) is 2.50. The van der Waals surface area contributed by atoms with Crippen molar-refractivity contribution >= 4 is 0 Å². The minimum absolute atomic E-state index is 0.188. The monoisotopic (exact) mass is 212 g/mol. The fourth-order valence-electron chi connectivity index (χ4n) is 3.11. The van der Waals surface area contributed by atoms with Gasteiger partial charge in [0.25, 0.3) is 0 Å². The molecule has 0 aliphatic heterocycles. The molecule has 0 spiro atoms. The van der Waals surface area contributed by atoms with Crippen molar-refractivity contribution in [2.45, 2.75) is 53.0 Å². The molecule has 0 aromatic heterocycles. The third-order valence-electron chi connectivity index (χ3n) is 3.82. The Balaban J connectivity index is 2.68. The molecular weight excluding hydrogens is 184 g/mol. The first-order chi connectivity index (χ1) is 6.81. The highest BCUT2D eigenvalue weighted by molar-refractivity contribution is 5.04. The molecule has 1 aliphatic carbocycles. The Hall–Kier alpha value is -0.0800. The molecule has 2 atom stereocenters. The minimum Gasteiger partial charge on any atom is -0.329 e. The van der Waals surface area contributed by atoms with E-state index in [2.05, 4.69) is 39.9 Å². The quantitative estimate of drug-likeness (QED) is 0.751. The number of nitrogens with one attached hydrogen (secondary N) is 1. The van der Waals surface area contributed by atoms with Crippen LogP contribution in [-0.4, -0.2) is 18.6 Å². The predicted octanol–water partition coefficient (Wildman–Crippen LogP) is 2.39. The lowest BCUT2D eigenvalue weighted by Gasteiger charge is -2.35. The fraction of sp³-hybridized carbons (Fsp3) is 1.00. The van der Waals surface area contributed by atoms with Gasteiger partial charge in [-0.05, 0) is 36.6 Å². The van der Waals surface area contributed by atoms with Crippen LogP contribution in [0, 0.1) is 17.3 Å². The van der Waals surface area contributed by atoms with Crippen molar-refractivity contribution in [3.05, 3.63) is 0 Å². The molecule has 90 valence electrons. The second-order valence-corrected chi connectivity index (χ2v) is 6.58. The third kappa shape index (κ3) is 2.94. The van der Waals surface area contributed by atoms with Crippen molar-refractivity contribution in [3.8, 4) is 0 Å². The van der Waals surface area contributed by atoms with Gasteiger partial charge in [0.05, 0.1) is 0 Å². The zero-order valence-electron chi connectivity index (χ0n) is 11.1. The Morgan fingerprint density at radius 3 is 2.33 bits per heavy atom. The second-order valence-electron chi connectivity index (χ2n) is 6.58. The lowest BCUT2D eigenvalue weighted by Crippen LogP contribution is -2.54. The van der Waals surface area contributed by atoms with Crippen molar-refractivity contribution in [2.75, 3.05) is 13.1 Å². The van der Waals surface area contributed by atoms with Crippen LogP contribution >= 0.6 is 0 Å². The van der Waals surface area contributed by atoms with Crippen molar-refractivity contribution in [1.29, 1.82) is 0 Å². The molecule has 2 unspecified atom stereocenters. The number of hydrogen-bond donors (Lipinski definition) is 2. The lowest BCUT2D eigenvalue weighted by atomic mass is 9.86. The summed E-state index contributed by atoms with van der Waals surface area (Å²) in [5.41, 5.74) is 6.64. The van der Waals surface area contributed by atoms with Crippen LogP contribution in [0.3, 0.4) is 0 Å². The summed E-state index contributed by atoms with van der Waals surface area (Å²) in [4.78, 5) is 0. The highest BCUT2D eigenvalue weighted by Gasteiger charge is 2.47. The topological polar surface area (TPSA) is 38.0 Å². The maximum absolute atomic E-state index is 6.00. The second kappa shape index (κ2) is 4.42. The molecule has 2 heteroatoms. The zero-order valence-corrected chi connectivity index (χ0v) is 11.1. The molecule has 0 bridgehead atoms. The number of hydrogen-bond acceptors (Lipinski definition) is 2. The van der Waals surface area contributed by atoms with Gasteiger partial charge in [0, 0.05) is 12.1 Å². The highest BCUT2D eigenvalue weighted by Crippen LogP contribution is 2.46. The van der Waals surface area contributed by atoms with Crippen LogP contribution in [0.5, 0.6) is 0 Å². The van der Waals surface area contributed by atoms with E-state index >= 15 is 0 Å². The SMILES string of the molecule is CC(C)CNC1(CN)CC(C)(C)CC1C. The summed E-state index contributed by atoms with van der Waals surface area (Å²) in [7, 11) is 0. The van der Waals surface area contributed by atoms with E-state index in [4.69, 9.17) is 5.73 Å². The van der Waals surface area contributed by atoms with Gasteiger partial charge in [0.15, 0.2) is 0 Å². The molecule has 1 aliphatic rings. The Kier molecular flexibility index (Phi) is 3.83. The molecule has 15 heavy (non-hydrogen) atoms. The highest BCUT2D eigenvalue weighted by atomic mass is 15.0. The molecule has 0 aromatic carbocycles. The fourth-order valence-corrected chi connectivity index (χ4v) is 3.11. The van der Waals surface area contributed by atoms with Gasteiger partial charge in [-0.1, -0.05) is 34.6 Å². The van der Waals surface area contributed by atoms with E-state index in [1.165, 1.54) is 12.8 Å². The standard InChI is InChI=1S/C13H28N2/c1-10(2)7-15-13(9-14)8-12(4,5)6-11(13)3/h10-11,15H,6-9,14H2,1-5H3. The zero-order chi connectivity index (χ0) is 11.7. The van der Waals surface area contributed by atoms with E-state index in [0.29, 0.717) is 17.3 Å². The van der Waals surface area contributed by atoms with Gasteiger partial charge in [-0.3, -0.25) is 0 Å². The molecule has 2 nitrogen and oxygen atoms in total. The summed E-state index contributed by atoms with van der Waals surface area (Å²) in [5.74, 6) is 1.39. The molecular formula is C13H28N2. The summed E-state index contributed by atoms with van der Waals surface area (Å²) in [6, 6.07) is 0. The van der Waals surface area contributed by atoms with Crippen LogP contribution in [0.4, 0.5) is 0 Å². The van der Waals surface area contributed by atoms with Gasteiger partial charge >= 0.3 is 0 Å². The Morgan fingerprint density at radius 1 is 1.40 bits per heavy atom. The Morgan fingerprint density at radius 2 is 2.00 bits per heavy atom. The number of nitrogens with two attached hydrogens (primary N) is 1. The maximum atomic E-state index is 6.00. The molecule has 0 amide bonds. The van der Waals surface area contributed by atoms with E-state index in [0.717, 1.165) is 13.1 Å². The summed E-state index contributed by atoms with van der Waals surface area (Å²) in [6.45, 7) is 13.4. The lowest BCUT2D eigenvalue weighted by molar-refractivity contribution is 0.246. The van der Waals surface area contributed by atoms with E-state index in [-0.39, 0.29) is 5.54 Å². The van der Waals surface area contributed by atoms with Crippen molar-refractivity contribution in [2.24, 2.45) is 23.0 Å². The Bertz CT molecular complexity index is 211. The van der Waals surface area contributed by atoms with Crippen LogP contribution in [-0.2, 0) is 0 Å². The molecule has 0 heterocycles. The van der Waals surface area contributed by atoms with Gasteiger partial charge in [0.1, 0.15) is 0 Å². The largest absolute Gasteiger partial charge is 0.329 e. The molecule has 0 saturated heterocycles. The van der Waals surface area contributed by atoms with Crippen molar-refractivity contribution < 1.29 is 0 Å². The average Bonchev–Trinajstić information content (AvgIpc) is 2.33. The first-order valence-corrected chi connectivity index (χ1v) is 6.26. The molecule has 0 aromatic rings. The van der Waals surface area contributed by atoms with E-state index < -0.39 is 0 Å². The van der Waals surface area contributed by atoms with E-state index in [9.17, 15) is 0 Å². The summed E-state index contributed by atoms with van der Waals surface area (Å²) < 4.78 is 0. The maximum Gasteiger partial charge on any atom is 0.0335 e. The predicted molar refractivity (Wildman–Crippen MR) is 66.8 cm³/mol. The normalized spacial score (nSPS) is 35.0. The minimum atomic E-state index is 0.188. The van der Waals surface area contributed by atoms with Crippen LogP contribution in [0.25, 0.3) is 0 Å². The van der Waals surface area contributed by atoms with Gasteiger partial charge in [0.2, 0.25) is 0 Å². The van der Waals surface area contributed by atoms with Gasteiger partial charge in [-0.2, -0.15) is 0 Å². The molecule has 1 rings (SSSR count). The summed E-state index contributed by atoms with van der Waals surface area (Å²) in [5, 5.41) is 3.72. The molecule has 3 N–H and O–H groups in total. The van der Waals surface area contributed by atoms with Crippen LogP contribution in [0.2, 0.25) is 0 Å². The van der Waals surface area contributed by atoms with Gasteiger partial charge in [-0.25, -0.2) is 0 Å². The first kappa shape index (κ1) is 13.0. The third-order valence-corrected chi connectivity index (χ3v) is 3.82. The van der Waals surface area contributed by atoms with Crippen molar-refractivity contribution in [1.82, 2.24) is 5.32 Å². The number of rotatable bonds is 4. The molecule has 1 saturated carbocycles. The average molecular weight is 212 g/mol. The van der Waals surface area contributed by atoms with Crippen molar-refractivity contribution in [3.63, 3.8) is 0 Å². The van der Waals surface area contributed by atoms with Crippen LogP contribution in [0.1, 0.15) is 47.5 Å². The van der Waals surface area contributed by atoms with E-state index in [1.54, 1.807) is 0 Å². The first-order valence-electron chi connectivity index (χ1n) is 6.26. The van der Waals surface area contributed by atoms with Gasteiger partial charge in [-0.15, -0.1) is 0 Å². The molecule has 0 radical (unpaired) electrons. The molecule has 1 fully saturated rings. The smallest absolute Gasteiger partial charge is 0.0335 e. The Labute approximate surface area is 95.0 Å². The summed E-state index contributed by atoms with van der Waals surface area (Å²) >= 11 is 0. The van der Waals surface area contributed by atoms with Crippen LogP contribution < -0.4 is 11.1 Å².